The maximum atomic E-state index is 13.5. The van der Waals surface area contributed by atoms with Crippen LogP contribution in [0.1, 0.15) is 22.2 Å². The molecule has 44 heavy (non-hydrogen) atoms. The molecule has 0 aliphatic carbocycles. The van der Waals surface area contributed by atoms with Crippen molar-refractivity contribution in [2.24, 2.45) is 0 Å². The van der Waals surface area contributed by atoms with Crippen LogP contribution in [0, 0.1) is 17.0 Å². The Labute approximate surface area is 267 Å². The molecular weight excluding hydrogens is 652 g/mol. The van der Waals surface area contributed by atoms with Gasteiger partial charge in [0.25, 0.3) is 11.6 Å². The number of fused-ring (bicyclic) bond motifs is 1. The Morgan fingerprint density at radius 2 is 1.98 bits per heavy atom. The van der Waals surface area contributed by atoms with E-state index in [1.807, 2.05) is 6.92 Å². The quantitative estimate of drug-likeness (QED) is 0.117. The lowest BCUT2D eigenvalue weighted by atomic mass is 10.0. The molecule has 3 amide bonds. The molecule has 1 saturated heterocycles. The highest BCUT2D eigenvalue weighted by Gasteiger charge is 2.54. The topological polar surface area (TPSA) is 185 Å². The van der Waals surface area contributed by atoms with Gasteiger partial charge in [0.15, 0.2) is 4.34 Å². The van der Waals surface area contributed by atoms with Crippen molar-refractivity contribution < 1.29 is 29.2 Å². The summed E-state index contributed by atoms with van der Waals surface area (Å²) in [6.45, 7) is 1.82. The van der Waals surface area contributed by atoms with Gasteiger partial charge in [-0.15, -0.1) is 22.0 Å². The van der Waals surface area contributed by atoms with E-state index < -0.39 is 52.5 Å². The van der Waals surface area contributed by atoms with Crippen molar-refractivity contribution in [1.29, 1.82) is 0 Å². The lowest BCUT2D eigenvalue weighted by Crippen LogP contribution is -2.71. The van der Waals surface area contributed by atoms with Gasteiger partial charge in [-0.3, -0.25) is 29.4 Å². The highest BCUT2D eigenvalue weighted by molar-refractivity contribution is 8.01. The van der Waals surface area contributed by atoms with E-state index in [2.05, 4.69) is 20.8 Å². The number of carbonyl (C=O) groups is 4. The molecule has 3 heterocycles. The average molecular weight is 675 g/mol. The number of benzene rings is 2. The number of nitro groups is 1. The van der Waals surface area contributed by atoms with Crippen LogP contribution in [0.15, 0.2) is 64.1 Å². The predicted octanol–water partition coefficient (Wildman–Crippen LogP) is 3.34. The summed E-state index contributed by atoms with van der Waals surface area (Å²) in [6, 6.07) is 9.99. The van der Waals surface area contributed by atoms with Crippen LogP contribution >= 0.6 is 46.5 Å². The van der Waals surface area contributed by atoms with Gasteiger partial charge in [-0.25, -0.2) is 4.79 Å². The van der Waals surface area contributed by atoms with E-state index >= 15 is 0 Å². The summed E-state index contributed by atoms with van der Waals surface area (Å²) in [6.07, 6.45) is -0.400. The molecule has 0 bridgehead atoms. The van der Waals surface area contributed by atoms with Crippen LogP contribution in [0.2, 0.25) is 5.02 Å². The van der Waals surface area contributed by atoms with E-state index in [0.29, 0.717) is 27.0 Å². The molecule has 3 aromatic rings. The van der Waals surface area contributed by atoms with Crippen LogP contribution in [-0.2, 0) is 25.6 Å². The molecule has 5 rings (SSSR count). The van der Waals surface area contributed by atoms with Crippen molar-refractivity contribution in [3.8, 4) is 0 Å². The van der Waals surface area contributed by atoms with E-state index in [-0.39, 0.29) is 22.0 Å². The Kier molecular flexibility index (Phi) is 9.53. The summed E-state index contributed by atoms with van der Waals surface area (Å²) in [7, 11) is 0. The molecule has 2 aromatic carbocycles. The van der Waals surface area contributed by atoms with E-state index in [1.165, 1.54) is 51.9 Å². The molecular formula is C27H23ClN6O7S3. The van der Waals surface area contributed by atoms with Crippen molar-refractivity contribution in [3.63, 3.8) is 0 Å². The number of carboxylic acid groups (broad SMARTS) is 1. The number of nitro benzene ring substituents is 1. The summed E-state index contributed by atoms with van der Waals surface area (Å²) >= 11 is 9.93. The fourth-order valence-corrected chi connectivity index (χ4v) is 8.17. The number of halogens is 1. The third kappa shape index (κ3) is 6.72. The zero-order chi connectivity index (χ0) is 31.5. The van der Waals surface area contributed by atoms with E-state index in [0.717, 1.165) is 11.1 Å². The molecule has 0 saturated carbocycles. The number of aromatic nitrogens is 2. The summed E-state index contributed by atoms with van der Waals surface area (Å²) in [5.41, 5.74) is 0.634. The molecule has 228 valence electrons. The van der Waals surface area contributed by atoms with Crippen LogP contribution < -0.4 is 10.6 Å². The molecule has 1 aromatic heterocycles. The van der Waals surface area contributed by atoms with Crippen LogP contribution in [-0.4, -0.2) is 71.7 Å². The van der Waals surface area contributed by atoms with E-state index in [1.54, 1.807) is 30.3 Å². The molecule has 17 heteroatoms. The summed E-state index contributed by atoms with van der Waals surface area (Å²) < 4.78 is 0.687. The smallest absolute Gasteiger partial charge is 0.352 e. The monoisotopic (exact) mass is 674 g/mol. The number of aliphatic carboxylic acids is 1. The largest absolute Gasteiger partial charge is 0.477 e. The summed E-state index contributed by atoms with van der Waals surface area (Å²) in [4.78, 5) is 64.0. The molecule has 1 fully saturated rings. The van der Waals surface area contributed by atoms with Crippen LogP contribution in [0.4, 0.5) is 5.69 Å². The van der Waals surface area contributed by atoms with Gasteiger partial charge >= 0.3 is 5.97 Å². The molecule has 13 nitrogen and oxygen atoms in total. The number of nitrogens with zero attached hydrogens (tertiary/aromatic N) is 4. The van der Waals surface area contributed by atoms with Crippen molar-refractivity contribution in [2.45, 2.75) is 35.1 Å². The van der Waals surface area contributed by atoms with Crippen LogP contribution in [0.5, 0.6) is 0 Å². The van der Waals surface area contributed by atoms with Gasteiger partial charge in [-0.2, -0.15) is 0 Å². The first-order chi connectivity index (χ1) is 21.0. The van der Waals surface area contributed by atoms with Crippen LogP contribution in [0.3, 0.4) is 0 Å². The molecule has 3 N–H and O–H groups in total. The molecule has 0 radical (unpaired) electrons. The molecule has 1 unspecified atom stereocenters. The van der Waals surface area contributed by atoms with Gasteiger partial charge in [0, 0.05) is 28.2 Å². The van der Waals surface area contributed by atoms with Gasteiger partial charge in [-0.1, -0.05) is 71.1 Å². The highest BCUT2D eigenvalue weighted by atomic mass is 35.5. The highest BCUT2D eigenvalue weighted by Crippen LogP contribution is 2.42. The Morgan fingerprint density at radius 1 is 1.23 bits per heavy atom. The van der Waals surface area contributed by atoms with Crippen molar-refractivity contribution in [1.82, 2.24) is 25.7 Å². The lowest BCUT2D eigenvalue weighted by molar-refractivity contribution is -0.385. The Morgan fingerprint density at radius 3 is 2.64 bits per heavy atom. The minimum absolute atomic E-state index is 0.107. The third-order valence-corrected chi connectivity index (χ3v) is 10.4. The number of amides is 3. The van der Waals surface area contributed by atoms with Gasteiger partial charge in [0.1, 0.15) is 28.2 Å². The van der Waals surface area contributed by atoms with E-state index in [4.69, 9.17) is 11.6 Å². The second-order valence-corrected chi connectivity index (χ2v) is 13.6. The maximum absolute atomic E-state index is 13.5. The SMILES string of the molecule is Cc1nnc(SCC2=C(C(=O)O)N3C(=O)C(NC(=O)[C@@H](NC(=O)Cc4ccc(Cl)cc4[N+](=O)[O-])c4ccccc4)[C@@H]3SC2)s1. The first-order valence-electron chi connectivity index (χ1n) is 12.9. The first-order valence-corrected chi connectivity index (χ1v) is 16.2. The number of nitrogens with one attached hydrogen (secondary N) is 2. The molecule has 3 atom stereocenters. The summed E-state index contributed by atoms with van der Waals surface area (Å²) in [5, 5.41) is 35.0. The Hall–Kier alpha value is -3.99. The Bertz CT molecular complexity index is 1680. The zero-order valence-electron chi connectivity index (χ0n) is 22.8. The number of rotatable bonds is 11. The Balaban J connectivity index is 1.30. The second kappa shape index (κ2) is 13.3. The van der Waals surface area contributed by atoms with Crippen molar-refractivity contribution in [3.05, 3.63) is 91.1 Å². The molecule has 0 spiro atoms. The zero-order valence-corrected chi connectivity index (χ0v) is 26.0. The number of carbonyl (C=O) groups excluding carboxylic acids is 3. The fourth-order valence-electron chi connectivity index (χ4n) is 4.70. The lowest BCUT2D eigenvalue weighted by Gasteiger charge is -2.49. The number of aryl methyl sites for hydroxylation is 1. The van der Waals surface area contributed by atoms with Gasteiger partial charge < -0.3 is 15.7 Å². The average Bonchev–Trinajstić information content (AvgIpc) is 3.42. The standard InChI is InChI=1S/C27H23ClN6O7S3/c1-13-31-32-27(44-13)43-12-16-11-42-25-21(24(37)33(25)22(16)26(38)39)30-23(36)20(14-5-3-2-4-6-14)29-19(35)9-15-7-8-17(28)10-18(15)34(40)41/h2-8,10,20-21,25H,9,11-12H2,1H3,(H,29,35)(H,30,36)(H,38,39)/t20-,21?,25-/m0/s1. The fraction of sp³-hybridized carbons (Fsp3) is 0.259. The minimum atomic E-state index is -1.25. The van der Waals surface area contributed by atoms with Crippen LogP contribution in [0.25, 0.3) is 0 Å². The molecule has 2 aliphatic heterocycles. The minimum Gasteiger partial charge on any atom is -0.477 e. The molecule has 2 aliphatic rings. The second-order valence-electron chi connectivity index (χ2n) is 9.65. The normalized spacial score (nSPS) is 18.2. The number of carboxylic acids is 1. The van der Waals surface area contributed by atoms with Gasteiger partial charge in [-0.05, 0) is 24.1 Å². The number of β-lactam (4-membered cyclic amide) rings is 1. The van der Waals surface area contributed by atoms with E-state index in [9.17, 15) is 34.4 Å². The number of hydrogen-bond acceptors (Lipinski definition) is 11. The van der Waals surface area contributed by atoms with Crippen molar-refractivity contribution in [2.75, 3.05) is 11.5 Å². The number of hydrogen-bond donors (Lipinski definition) is 3. The maximum Gasteiger partial charge on any atom is 0.352 e. The number of thioether (sulfide) groups is 2. The summed E-state index contributed by atoms with van der Waals surface area (Å²) in [5.74, 6) is -2.56. The van der Waals surface area contributed by atoms with Gasteiger partial charge in [0.05, 0.1) is 11.3 Å². The van der Waals surface area contributed by atoms with Crippen molar-refractivity contribution >= 4 is 75.8 Å². The third-order valence-electron chi connectivity index (χ3n) is 6.72. The first kappa shape index (κ1) is 31.4. The van der Waals surface area contributed by atoms with Gasteiger partial charge in [0.2, 0.25) is 11.8 Å². The predicted molar refractivity (Wildman–Crippen MR) is 164 cm³/mol.